The molecule has 9 nitrogen and oxygen atoms in total. The molecule has 5 aromatic rings. The number of ketones is 1. The lowest BCUT2D eigenvalue weighted by atomic mass is 10.1. The summed E-state index contributed by atoms with van der Waals surface area (Å²) in [7, 11) is 0. The van der Waals surface area contributed by atoms with Crippen molar-refractivity contribution in [1.29, 1.82) is 0 Å². The predicted molar refractivity (Wildman–Crippen MR) is 137 cm³/mol. The normalized spacial score (nSPS) is 12.1. The van der Waals surface area contributed by atoms with Gasteiger partial charge in [0.2, 0.25) is 5.89 Å². The van der Waals surface area contributed by atoms with Gasteiger partial charge in [0.05, 0.1) is 30.5 Å². The molecule has 0 bridgehead atoms. The van der Waals surface area contributed by atoms with Crippen LogP contribution in [0.5, 0.6) is 0 Å². The molecule has 1 unspecified atom stereocenters. The fourth-order valence-corrected chi connectivity index (χ4v) is 3.96. The standard InChI is InChI=1S/C19H17F3N4O2.C8H5FO3S/c20-19(21,22)14-1-4-17(26-10-14)13-5-6-24-15(9-13)2-3-16(27)11-23-12-18-25-7-8-28-18;9-6-1-2-7-5(3-6)4-8(12-7)13(10)11/h1,4-10,23H,2-3,11-12H2;1-4H,(H,10,11)/p-1. The molecule has 0 spiro atoms. The van der Waals surface area contributed by atoms with Crippen LogP contribution in [-0.2, 0) is 35.0 Å². The summed E-state index contributed by atoms with van der Waals surface area (Å²) >= 11 is -2.41. The van der Waals surface area contributed by atoms with Gasteiger partial charge in [-0.15, -0.1) is 0 Å². The summed E-state index contributed by atoms with van der Waals surface area (Å²) in [5.41, 5.74) is 1.29. The monoisotopic (exact) mass is 589 g/mol. The Bertz CT molecular complexity index is 1620. The zero-order valence-electron chi connectivity index (χ0n) is 21.1. The molecule has 0 saturated heterocycles. The van der Waals surface area contributed by atoms with Gasteiger partial charge in [-0.2, -0.15) is 13.2 Å². The van der Waals surface area contributed by atoms with Crippen molar-refractivity contribution in [1.82, 2.24) is 20.3 Å². The molecule has 5 rings (SSSR count). The Morgan fingerprint density at radius 3 is 2.54 bits per heavy atom. The van der Waals surface area contributed by atoms with E-state index in [2.05, 4.69) is 20.3 Å². The average molecular weight is 590 g/mol. The number of benzene rings is 1. The molecular formula is C27H21F4N4O5S-. The van der Waals surface area contributed by atoms with Gasteiger partial charge in [0, 0.05) is 52.6 Å². The summed E-state index contributed by atoms with van der Waals surface area (Å²) in [6.07, 6.45) is 1.64. The Balaban J connectivity index is 0.000000247. The van der Waals surface area contributed by atoms with Crippen molar-refractivity contribution in [2.24, 2.45) is 0 Å². The topological polar surface area (TPSA) is 134 Å². The number of nitrogens with zero attached hydrogens (tertiary/aromatic N) is 3. The van der Waals surface area contributed by atoms with E-state index in [1.165, 1.54) is 42.8 Å². The number of hydrogen-bond donors (Lipinski definition) is 1. The fraction of sp³-hybridized carbons (Fsp3) is 0.185. The number of carbonyl (C=O) groups excluding carboxylic acids is 1. The minimum Gasteiger partial charge on any atom is -0.766 e. The van der Waals surface area contributed by atoms with Crippen molar-refractivity contribution < 1.29 is 40.0 Å². The van der Waals surface area contributed by atoms with E-state index in [1.807, 2.05) is 0 Å². The molecule has 1 atom stereocenters. The number of pyridine rings is 2. The quantitative estimate of drug-likeness (QED) is 0.181. The van der Waals surface area contributed by atoms with Gasteiger partial charge in [-0.3, -0.25) is 19.0 Å². The molecule has 14 heteroatoms. The number of alkyl halides is 3. The van der Waals surface area contributed by atoms with E-state index < -0.39 is 28.6 Å². The van der Waals surface area contributed by atoms with Crippen LogP contribution in [-0.4, -0.2) is 36.0 Å². The maximum Gasteiger partial charge on any atom is 0.417 e. The summed E-state index contributed by atoms with van der Waals surface area (Å²) in [4.78, 5) is 24.0. The number of aryl methyl sites for hydroxylation is 1. The largest absolute Gasteiger partial charge is 0.766 e. The Kier molecular flexibility index (Phi) is 9.70. The van der Waals surface area contributed by atoms with Crippen LogP contribution >= 0.6 is 0 Å². The maximum atomic E-state index is 12.7. The van der Waals surface area contributed by atoms with Crippen LogP contribution in [0.3, 0.4) is 0 Å². The molecule has 0 fully saturated rings. The van der Waals surface area contributed by atoms with Crippen LogP contribution in [0.15, 0.2) is 87.3 Å². The molecule has 0 aliphatic rings. The molecule has 0 aliphatic carbocycles. The first kappa shape index (κ1) is 29.7. The number of hydrogen-bond acceptors (Lipinski definition) is 9. The van der Waals surface area contributed by atoms with E-state index in [4.69, 9.17) is 8.83 Å². The zero-order valence-corrected chi connectivity index (χ0v) is 21.9. The van der Waals surface area contributed by atoms with E-state index >= 15 is 0 Å². The lowest BCUT2D eigenvalue weighted by molar-refractivity contribution is -0.137. The highest BCUT2D eigenvalue weighted by atomic mass is 32.2. The molecule has 4 aromatic heterocycles. The summed E-state index contributed by atoms with van der Waals surface area (Å²) in [6.45, 7) is 0.550. The number of oxazole rings is 1. The van der Waals surface area contributed by atoms with E-state index in [0.717, 1.165) is 12.3 Å². The number of fused-ring (bicyclic) bond motifs is 1. The number of carbonyl (C=O) groups is 1. The third kappa shape index (κ3) is 8.61. The third-order valence-electron chi connectivity index (χ3n) is 5.56. The van der Waals surface area contributed by atoms with Crippen LogP contribution < -0.4 is 5.32 Å². The minimum atomic E-state index is -4.42. The first-order valence-corrected chi connectivity index (χ1v) is 13.0. The zero-order chi connectivity index (χ0) is 29.4. The highest BCUT2D eigenvalue weighted by Crippen LogP contribution is 2.29. The van der Waals surface area contributed by atoms with Gasteiger partial charge in [0.25, 0.3) is 0 Å². The molecular weight excluding hydrogens is 568 g/mol. The van der Waals surface area contributed by atoms with Gasteiger partial charge < -0.3 is 18.7 Å². The van der Waals surface area contributed by atoms with Crippen molar-refractivity contribution in [2.75, 3.05) is 6.54 Å². The van der Waals surface area contributed by atoms with Crippen molar-refractivity contribution in [3.63, 3.8) is 0 Å². The summed E-state index contributed by atoms with van der Waals surface area (Å²) < 4.78 is 81.5. The third-order valence-corrected chi connectivity index (χ3v) is 6.09. The Morgan fingerprint density at radius 1 is 1.02 bits per heavy atom. The number of Topliss-reactive ketones (excluding diaryl/α,β-unsaturated/α-hetero) is 1. The van der Waals surface area contributed by atoms with Gasteiger partial charge in [-0.05, 0) is 48.9 Å². The first-order valence-electron chi connectivity index (χ1n) is 12.0. The molecule has 214 valence electrons. The highest BCUT2D eigenvalue weighted by molar-refractivity contribution is 7.79. The van der Waals surface area contributed by atoms with E-state index in [0.29, 0.717) is 46.8 Å². The Hall–Kier alpha value is -4.27. The molecule has 1 N–H and O–H groups in total. The van der Waals surface area contributed by atoms with Gasteiger partial charge in [-0.1, -0.05) is 0 Å². The molecule has 41 heavy (non-hydrogen) atoms. The van der Waals surface area contributed by atoms with Crippen LogP contribution in [0.4, 0.5) is 17.6 Å². The van der Waals surface area contributed by atoms with Gasteiger partial charge in [0.1, 0.15) is 23.4 Å². The summed E-state index contributed by atoms with van der Waals surface area (Å²) in [5, 5.41) is 3.21. The predicted octanol–water partition coefficient (Wildman–Crippen LogP) is 5.25. The molecule has 0 radical (unpaired) electrons. The van der Waals surface area contributed by atoms with Crippen molar-refractivity contribution in [2.45, 2.75) is 30.7 Å². The van der Waals surface area contributed by atoms with Crippen LogP contribution in [0.25, 0.3) is 22.2 Å². The fourth-order valence-electron chi connectivity index (χ4n) is 3.58. The first-order chi connectivity index (χ1) is 19.6. The number of halogens is 4. The van der Waals surface area contributed by atoms with Gasteiger partial charge in [0.15, 0.2) is 5.09 Å². The molecule has 0 amide bonds. The lowest BCUT2D eigenvalue weighted by Gasteiger charge is -2.08. The molecule has 0 aliphatic heterocycles. The maximum absolute atomic E-state index is 12.7. The molecule has 0 saturated carbocycles. The average Bonchev–Trinajstić information content (AvgIpc) is 3.62. The van der Waals surface area contributed by atoms with Crippen LogP contribution in [0, 0.1) is 5.82 Å². The highest BCUT2D eigenvalue weighted by Gasteiger charge is 2.30. The number of furan rings is 1. The van der Waals surface area contributed by atoms with Gasteiger partial charge >= 0.3 is 6.18 Å². The number of nitrogens with one attached hydrogen (secondary N) is 1. The number of rotatable bonds is 9. The van der Waals surface area contributed by atoms with Crippen LogP contribution in [0.1, 0.15) is 23.6 Å². The summed E-state index contributed by atoms with van der Waals surface area (Å²) in [6, 6.07) is 10.8. The van der Waals surface area contributed by atoms with Crippen molar-refractivity contribution in [3.05, 3.63) is 96.3 Å². The van der Waals surface area contributed by atoms with Crippen molar-refractivity contribution >= 4 is 27.8 Å². The van der Waals surface area contributed by atoms with Crippen LogP contribution in [0.2, 0.25) is 0 Å². The molecule has 1 aromatic carbocycles. The van der Waals surface area contributed by atoms with E-state index in [9.17, 15) is 31.1 Å². The SMILES string of the molecule is O=C(CCc1cc(-c2ccc(C(F)(F)F)cn2)ccn1)CNCc1ncco1.O=S([O-])c1cc2cc(F)ccc2o1. The second kappa shape index (κ2) is 13.4. The van der Waals surface area contributed by atoms with E-state index in [-0.39, 0.29) is 23.8 Å². The second-order valence-corrected chi connectivity index (χ2v) is 9.39. The molecule has 4 heterocycles. The van der Waals surface area contributed by atoms with E-state index in [1.54, 1.807) is 18.3 Å². The van der Waals surface area contributed by atoms with Crippen molar-refractivity contribution in [3.8, 4) is 11.3 Å². The second-order valence-electron chi connectivity index (χ2n) is 8.52. The summed E-state index contributed by atoms with van der Waals surface area (Å²) in [5.74, 6) is 0.0918. The lowest BCUT2D eigenvalue weighted by Crippen LogP contribution is -2.23. The van der Waals surface area contributed by atoms with Gasteiger partial charge in [-0.25, -0.2) is 9.37 Å². The minimum absolute atomic E-state index is 0.00594. The Morgan fingerprint density at radius 2 is 1.85 bits per heavy atom. The Labute approximate surface area is 232 Å². The number of aromatic nitrogens is 3. The smallest absolute Gasteiger partial charge is 0.417 e.